The number of nitrogens with two attached hydrogens (primary N) is 1. The Kier molecular flexibility index (Phi) is 4.61. The molecule has 2 aromatic rings. The topological polar surface area (TPSA) is 81.2 Å². The molecule has 7 heteroatoms. The lowest BCUT2D eigenvalue weighted by Crippen LogP contribution is -2.35. The molecule has 21 heavy (non-hydrogen) atoms. The molecule has 0 saturated carbocycles. The molecule has 110 valence electrons. The molecule has 1 aromatic heterocycles. The Morgan fingerprint density at radius 1 is 1.38 bits per heavy atom. The Morgan fingerprint density at radius 2 is 2.00 bits per heavy atom. The first-order valence-electron chi connectivity index (χ1n) is 6.24. The van der Waals surface area contributed by atoms with Crippen molar-refractivity contribution in [1.29, 1.82) is 0 Å². The monoisotopic (exact) mass is 398 g/mol. The van der Waals surface area contributed by atoms with E-state index in [1.165, 1.54) is 15.8 Å². The van der Waals surface area contributed by atoms with E-state index in [9.17, 15) is 9.59 Å². The average molecular weight is 398 g/mol. The Balaban J connectivity index is 2.20. The molecule has 0 atom stereocenters. The molecule has 2 rings (SSSR count). The van der Waals surface area contributed by atoms with Crippen molar-refractivity contribution in [2.45, 2.75) is 13.5 Å². The third-order valence-electron chi connectivity index (χ3n) is 3.12. The molecule has 0 saturated heterocycles. The Hall–Kier alpha value is -1.90. The van der Waals surface area contributed by atoms with Crippen LogP contribution >= 0.6 is 22.6 Å². The van der Waals surface area contributed by atoms with Crippen LogP contribution in [0.25, 0.3) is 0 Å². The van der Waals surface area contributed by atoms with E-state index < -0.39 is 0 Å². The van der Waals surface area contributed by atoms with Crippen LogP contribution in [0.4, 0.5) is 11.4 Å². The van der Waals surface area contributed by atoms with Crippen molar-refractivity contribution in [2.75, 3.05) is 17.7 Å². The van der Waals surface area contributed by atoms with Crippen LogP contribution in [0.1, 0.15) is 5.69 Å². The molecule has 0 aliphatic heterocycles. The maximum atomic E-state index is 12.3. The van der Waals surface area contributed by atoms with Crippen LogP contribution in [-0.2, 0) is 11.3 Å². The molecule has 1 heterocycles. The van der Waals surface area contributed by atoms with Gasteiger partial charge in [0.25, 0.3) is 5.56 Å². The second kappa shape index (κ2) is 6.25. The first-order valence-corrected chi connectivity index (χ1v) is 7.31. The number of rotatable bonds is 3. The molecule has 2 N–H and O–H groups in total. The summed E-state index contributed by atoms with van der Waals surface area (Å²) in [7, 11) is 1.66. The lowest BCUT2D eigenvalue weighted by molar-refractivity contribution is -0.118. The van der Waals surface area contributed by atoms with Crippen molar-refractivity contribution >= 4 is 39.9 Å². The predicted molar refractivity (Wildman–Crippen MR) is 90.2 cm³/mol. The van der Waals surface area contributed by atoms with Gasteiger partial charge in [-0.3, -0.25) is 14.2 Å². The van der Waals surface area contributed by atoms with Gasteiger partial charge in [0.05, 0.1) is 15.6 Å². The number of benzene rings is 1. The number of likely N-dealkylation sites (N-methyl/N-ethyl adjacent to an activating group) is 1. The summed E-state index contributed by atoms with van der Waals surface area (Å²) in [5, 5.41) is 0. The number of hydrogen-bond donors (Lipinski definition) is 1. The number of carbonyl (C=O) groups excluding carboxylic acids is 1. The molecule has 0 spiro atoms. The SMILES string of the molecule is Cc1ncn(CC(=O)N(C)c2ccc(N)cc2)c(=O)c1I. The highest BCUT2D eigenvalue weighted by Crippen LogP contribution is 2.15. The number of nitrogen functional groups attached to an aromatic ring is 1. The van der Waals surface area contributed by atoms with Gasteiger partial charge < -0.3 is 10.6 Å². The van der Waals surface area contributed by atoms with E-state index in [4.69, 9.17) is 5.73 Å². The maximum Gasteiger partial charge on any atom is 0.267 e. The first-order chi connectivity index (χ1) is 9.90. The lowest BCUT2D eigenvalue weighted by atomic mass is 10.2. The van der Waals surface area contributed by atoms with E-state index in [-0.39, 0.29) is 18.0 Å². The van der Waals surface area contributed by atoms with Crippen LogP contribution in [0.5, 0.6) is 0 Å². The van der Waals surface area contributed by atoms with Crippen LogP contribution in [0.15, 0.2) is 35.4 Å². The molecule has 1 aromatic carbocycles. The number of aromatic nitrogens is 2. The number of nitrogens with zero attached hydrogens (tertiary/aromatic N) is 3. The molecular formula is C14H15IN4O2. The van der Waals surface area contributed by atoms with E-state index in [0.29, 0.717) is 15.0 Å². The number of aryl methyl sites for hydroxylation is 1. The molecule has 1 amide bonds. The van der Waals surface area contributed by atoms with Crippen molar-refractivity contribution in [3.63, 3.8) is 0 Å². The minimum Gasteiger partial charge on any atom is -0.399 e. The zero-order valence-electron chi connectivity index (χ0n) is 11.7. The first kappa shape index (κ1) is 15.5. The third kappa shape index (κ3) is 3.41. The quantitative estimate of drug-likeness (QED) is 0.626. The summed E-state index contributed by atoms with van der Waals surface area (Å²) < 4.78 is 1.84. The standard InChI is InChI=1S/C14H15IN4O2/c1-9-13(15)14(21)19(8-17-9)7-12(20)18(2)11-5-3-10(16)4-6-11/h3-6,8H,7,16H2,1-2H3. The molecule has 0 unspecified atom stereocenters. The largest absolute Gasteiger partial charge is 0.399 e. The number of amides is 1. The van der Waals surface area contributed by atoms with Gasteiger partial charge in [0, 0.05) is 18.4 Å². The fraction of sp³-hybridized carbons (Fsp3) is 0.214. The van der Waals surface area contributed by atoms with E-state index >= 15 is 0 Å². The zero-order valence-corrected chi connectivity index (χ0v) is 13.9. The number of carbonyl (C=O) groups is 1. The minimum absolute atomic E-state index is 0.0526. The van der Waals surface area contributed by atoms with E-state index in [1.54, 1.807) is 38.2 Å². The summed E-state index contributed by atoms with van der Waals surface area (Å²) in [6.45, 7) is 1.71. The number of hydrogen-bond acceptors (Lipinski definition) is 4. The van der Waals surface area contributed by atoms with Crippen LogP contribution in [0.3, 0.4) is 0 Å². The van der Waals surface area contributed by atoms with Gasteiger partial charge in [-0.1, -0.05) is 0 Å². The fourth-order valence-corrected chi connectivity index (χ4v) is 2.20. The Labute approximate surface area is 135 Å². The van der Waals surface area contributed by atoms with E-state index in [2.05, 4.69) is 4.98 Å². The van der Waals surface area contributed by atoms with E-state index in [0.717, 1.165) is 5.69 Å². The molecule has 0 radical (unpaired) electrons. The molecule has 6 nitrogen and oxygen atoms in total. The maximum absolute atomic E-state index is 12.3. The van der Waals surface area contributed by atoms with Crippen molar-refractivity contribution in [1.82, 2.24) is 9.55 Å². The van der Waals surface area contributed by atoms with Crippen molar-refractivity contribution in [3.8, 4) is 0 Å². The van der Waals surface area contributed by atoms with Gasteiger partial charge >= 0.3 is 0 Å². The zero-order chi connectivity index (χ0) is 15.6. The summed E-state index contributed by atoms with van der Waals surface area (Å²) in [4.78, 5) is 29.9. The van der Waals surface area contributed by atoms with Gasteiger partial charge in [-0.05, 0) is 53.8 Å². The summed E-state index contributed by atoms with van der Waals surface area (Å²) in [5.41, 5.74) is 7.43. The summed E-state index contributed by atoms with van der Waals surface area (Å²) in [6.07, 6.45) is 1.40. The highest BCUT2D eigenvalue weighted by Gasteiger charge is 2.14. The van der Waals surface area contributed by atoms with Gasteiger partial charge in [0.2, 0.25) is 5.91 Å². The minimum atomic E-state index is -0.206. The van der Waals surface area contributed by atoms with Crippen LogP contribution in [0, 0.1) is 10.5 Å². The fourth-order valence-electron chi connectivity index (χ4n) is 1.75. The normalized spacial score (nSPS) is 10.4. The summed E-state index contributed by atoms with van der Waals surface area (Å²) >= 11 is 1.94. The average Bonchev–Trinajstić information content (AvgIpc) is 2.48. The second-order valence-corrected chi connectivity index (χ2v) is 5.70. The Morgan fingerprint density at radius 3 is 2.62 bits per heavy atom. The number of anilines is 2. The van der Waals surface area contributed by atoms with Gasteiger partial charge in [-0.15, -0.1) is 0 Å². The highest BCUT2D eigenvalue weighted by atomic mass is 127. The smallest absolute Gasteiger partial charge is 0.267 e. The van der Waals surface area contributed by atoms with Crippen molar-refractivity contribution in [3.05, 3.63) is 50.2 Å². The summed E-state index contributed by atoms with van der Waals surface area (Å²) in [5.74, 6) is -0.205. The number of halogens is 1. The van der Waals surface area contributed by atoms with Crippen LogP contribution in [-0.4, -0.2) is 22.5 Å². The van der Waals surface area contributed by atoms with Gasteiger partial charge in [0.1, 0.15) is 6.54 Å². The van der Waals surface area contributed by atoms with E-state index in [1.807, 2.05) is 22.6 Å². The van der Waals surface area contributed by atoms with Gasteiger partial charge in [-0.2, -0.15) is 0 Å². The lowest BCUT2D eigenvalue weighted by Gasteiger charge is -2.18. The molecule has 0 fully saturated rings. The van der Waals surface area contributed by atoms with Crippen LogP contribution in [0.2, 0.25) is 0 Å². The highest BCUT2D eigenvalue weighted by molar-refractivity contribution is 14.1. The molecule has 0 aliphatic rings. The molecule has 0 bridgehead atoms. The molecule has 0 aliphatic carbocycles. The Bertz CT molecular complexity index is 725. The second-order valence-electron chi connectivity index (χ2n) is 4.62. The third-order valence-corrected chi connectivity index (χ3v) is 4.36. The van der Waals surface area contributed by atoms with Crippen molar-refractivity contribution in [2.24, 2.45) is 0 Å². The predicted octanol–water partition coefficient (Wildman–Crippen LogP) is 1.40. The molecular weight excluding hydrogens is 383 g/mol. The summed E-state index contributed by atoms with van der Waals surface area (Å²) in [6, 6.07) is 6.96. The van der Waals surface area contributed by atoms with Crippen LogP contribution < -0.4 is 16.2 Å². The van der Waals surface area contributed by atoms with Gasteiger partial charge in [-0.25, -0.2) is 4.98 Å². The van der Waals surface area contributed by atoms with Gasteiger partial charge in [0.15, 0.2) is 0 Å². The van der Waals surface area contributed by atoms with Crippen molar-refractivity contribution < 1.29 is 4.79 Å².